The highest BCUT2D eigenvalue weighted by Crippen LogP contribution is 2.33. The quantitative estimate of drug-likeness (QED) is 0.799. The van der Waals surface area contributed by atoms with Crippen molar-refractivity contribution in [3.8, 4) is 5.75 Å². The van der Waals surface area contributed by atoms with Gasteiger partial charge in [-0.3, -0.25) is 14.4 Å². The molecule has 0 saturated carbocycles. The first-order chi connectivity index (χ1) is 12.9. The summed E-state index contributed by atoms with van der Waals surface area (Å²) in [4.78, 5) is 42.7. The zero-order chi connectivity index (χ0) is 19.6. The van der Waals surface area contributed by atoms with Crippen molar-refractivity contribution in [2.75, 3.05) is 44.7 Å². The van der Waals surface area contributed by atoms with Crippen molar-refractivity contribution in [1.29, 1.82) is 0 Å². The number of rotatable bonds is 4. The molecule has 0 aliphatic carbocycles. The fraction of sp³-hybridized carbons (Fsp3) is 0.550. The van der Waals surface area contributed by atoms with E-state index in [0.29, 0.717) is 44.2 Å². The lowest BCUT2D eigenvalue weighted by Crippen LogP contribution is -2.53. The van der Waals surface area contributed by atoms with Crippen LogP contribution in [0.5, 0.6) is 5.75 Å². The average Bonchev–Trinajstić information content (AvgIpc) is 3.08. The molecular weight excluding hydrogens is 346 g/mol. The van der Waals surface area contributed by atoms with E-state index in [4.69, 9.17) is 4.74 Å². The van der Waals surface area contributed by atoms with Gasteiger partial charge in [0.25, 0.3) is 0 Å². The molecule has 3 rings (SSSR count). The van der Waals surface area contributed by atoms with E-state index < -0.39 is 0 Å². The molecule has 27 heavy (non-hydrogen) atoms. The predicted octanol–water partition coefficient (Wildman–Crippen LogP) is 1.37. The zero-order valence-corrected chi connectivity index (χ0v) is 16.2. The number of piperazine rings is 1. The third-order valence-electron chi connectivity index (χ3n) is 5.25. The Labute approximate surface area is 159 Å². The van der Waals surface area contributed by atoms with Gasteiger partial charge in [-0.1, -0.05) is 26.0 Å². The molecule has 0 bridgehead atoms. The van der Waals surface area contributed by atoms with Crippen molar-refractivity contribution in [3.63, 3.8) is 0 Å². The van der Waals surface area contributed by atoms with Crippen molar-refractivity contribution in [2.45, 2.75) is 20.3 Å². The number of benzene rings is 1. The summed E-state index contributed by atoms with van der Waals surface area (Å²) in [5, 5.41) is 0. The van der Waals surface area contributed by atoms with Crippen LogP contribution in [0.3, 0.4) is 0 Å². The van der Waals surface area contributed by atoms with E-state index in [1.165, 1.54) is 0 Å². The third-order valence-corrected chi connectivity index (χ3v) is 5.25. The largest absolute Gasteiger partial charge is 0.495 e. The molecule has 0 N–H and O–H groups in total. The van der Waals surface area contributed by atoms with E-state index in [1.54, 1.807) is 16.9 Å². The topological polar surface area (TPSA) is 70.2 Å². The molecule has 0 aromatic heterocycles. The third kappa shape index (κ3) is 3.91. The number of amides is 3. The number of carbonyl (C=O) groups is 3. The van der Waals surface area contributed by atoms with Crippen molar-refractivity contribution < 1.29 is 19.1 Å². The molecule has 0 radical (unpaired) electrons. The van der Waals surface area contributed by atoms with Crippen LogP contribution in [-0.2, 0) is 14.4 Å². The normalized spacial score (nSPS) is 20.4. The molecule has 1 atom stereocenters. The molecule has 7 nitrogen and oxygen atoms in total. The maximum Gasteiger partial charge on any atom is 0.228 e. The maximum atomic E-state index is 12.9. The van der Waals surface area contributed by atoms with Crippen LogP contribution < -0.4 is 9.64 Å². The number of anilines is 1. The van der Waals surface area contributed by atoms with Crippen molar-refractivity contribution in [2.24, 2.45) is 11.8 Å². The highest BCUT2D eigenvalue weighted by atomic mass is 16.5. The number of methoxy groups -OCH3 is 1. The Balaban J connectivity index is 1.62. The summed E-state index contributed by atoms with van der Waals surface area (Å²) in [6.45, 7) is 6.29. The minimum Gasteiger partial charge on any atom is -0.495 e. The van der Waals surface area contributed by atoms with Gasteiger partial charge in [-0.25, -0.2) is 0 Å². The molecule has 2 aliphatic heterocycles. The minimum atomic E-state index is -0.352. The Morgan fingerprint density at radius 1 is 1.07 bits per heavy atom. The van der Waals surface area contributed by atoms with Crippen molar-refractivity contribution in [3.05, 3.63) is 24.3 Å². The first-order valence-corrected chi connectivity index (χ1v) is 9.43. The molecule has 1 aromatic rings. The van der Waals surface area contributed by atoms with Crippen molar-refractivity contribution in [1.82, 2.24) is 9.80 Å². The van der Waals surface area contributed by atoms with Gasteiger partial charge in [-0.2, -0.15) is 0 Å². The van der Waals surface area contributed by atoms with E-state index >= 15 is 0 Å². The predicted molar refractivity (Wildman–Crippen MR) is 101 cm³/mol. The zero-order valence-electron chi connectivity index (χ0n) is 16.2. The van der Waals surface area contributed by atoms with Crippen LogP contribution in [0.25, 0.3) is 0 Å². The second-order valence-electron chi connectivity index (χ2n) is 7.38. The molecule has 2 heterocycles. The molecular formula is C20H27N3O4. The van der Waals surface area contributed by atoms with Gasteiger partial charge in [0, 0.05) is 45.1 Å². The molecule has 2 aliphatic rings. The molecule has 2 saturated heterocycles. The minimum absolute atomic E-state index is 0.00241. The van der Waals surface area contributed by atoms with Crippen LogP contribution in [-0.4, -0.2) is 67.4 Å². The van der Waals surface area contributed by atoms with Gasteiger partial charge in [0.1, 0.15) is 5.75 Å². The van der Waals surface area contributed by atoms with Crippen LogP contribution in [0.4, 0.5) is 5.69 Å². The van der Waals surface area contributed by atoms with E-state index in [0.717, 1.165) is 0 Å². The summed E-state index contributed by atoms with van der Waals surface area (Å²) in [6.07, 6.45) is 0.210. The maximum absolute atomic E-state index is 12.9. The fourth-order valence-electron chi connectivity index (χ4n) is 3.73. The summed E-state index contributed by atoms with van der Waals surface area (Å²) >= 11 is 0. The van der Waals surface area contributed by atoms with Gasteiger partial charge in [0.2, 0.25) is 17.7 Å². The first kappa shape index (κ1) is 19.2. The molecule has 3 amide bonds. The monoisotopic (exact) mass is 373 g/mol. The number of carbonyl (C=O) groups excluding carboxylic acids is 3. The number of para-hydroxylation sites is 2. The summed E-state index contributed by atoms with van der Waals surface area (Å²) in [5.41, 5.74) is 0.702. The lowest BCUT2D eigenvalue weighted by molar-refractivity contribution is -0.143. The van der Waals surface area contributed by atoms with Crippen LogP contribution in [0.15, 0.2) is 24.3 Å². The van der Waals surface area contributed by atoms with Gasteiger partial charge in [-0.15, -0.1) is 0 Å². The van der Waals surface area contributed by atoms with Crippen molar-refractivity contribution >= 4 is 23.4 Å². The fourth-order valence-corrected chi connectivity index (χ4v) is 3.73. The number of hydrogen-bond acceptors (Lipinski definition) is 4. The first-order valence-electron chi connectivity index (χ1n) is 9.43. The van der Waals surface area contributed by atoms with E-state index in [1.807, 2.05) is 43.0 Å². The average molecular weight is 373 g/mol. The summed E-state index contributed by atoms with van der Waals surface area (Å²) in [7, 11) is 1.57. The summed E-state index contributed by atoms with van der Waals surface area (Å²) < 4.78 is 5.34. The van der Waals surface area contributed by atoms with E-state index in [2.05, 4.69) is 0 Å². The van der Waals surface area contributed by atoms with Gasteiger partial charge < -0.3 is 19.4 Å². The molecule has 2 fully saturated rings. The molecule has 146 valence electrons. The Bertz CT molecular complexity index is 726. The molecule has 0 spiro atoms. The van der Waals surface area contributed by atoms with Gasteiger partial charge in [0.05, 0.1) is 18.7 Å². The molecule has 7 heteroatoms. The van der Waals surface area contributed by atoms with Crippen LogP contribution in [0, 0.1) is 11.8 Å². The number of hydrogen-bond donors (Lipinski definition) is 0. The smallest absolute Gasteiger partial charge is 0.228 e. The van der Waals surface area contributed by atoms with Crippen LogP contribution in [0.2, 0.25) is 0 Å². The second kappa shape index (κ2) is 7.98. The molecule has 1 aromatic carbocycles. The lowest BCUT2D eigenvalue weighted by Gasteiger charge is -2.36. The standard InChI is InChI=1S/C20H27N3O4/c1-14(2)19(25)21-8-10-22(11-9-21)20(26)15-12-18(24)23(13-15)16-6-4-5-7-17(16)27-3/h4-7,14-15H,8-13H2,1-3H3. The van der Waals surface area contributed by atoms with Crippen LogP contribution >= 0.6 is 0 Å². The lowest BCUT2D eigenvalue weighted by atomic mass is 10.1. The van der Waals surface area contributed by atoms with Crippen LogP contribution in [0.1, 0.15) is 20.3 Å². The van der Waals surface area contributed by atoms with Gasteiger partial charge >= 0.3 is 0 Å². The SMILES string of the molecule is COc1ccccc1N1CC(C(=O)N2CCN(C(=O)C(C)C)CC2)CC1=O. The second-order valence-corrected chi connectivity index (χ2v) is 7.38. The summed E-state index contributed by atoms with van der Waals surface area (Å²) in [5.74, 6) is 0.299. The Morgan fingerprint density at radius 2 is 1.70 bits per heavy atom. The van der Waals surface area contributed by atoms with E-state index in [-0.39, 0.29) is 36.0 Å². The Hall–Kier alpha value is -2.57. The number of nitrogens with zero attached hydrogens (tertiary/aromatic N) is 3. The van der Waals surface area contributed by atoms with E-state index in [9.17, 15) is 14.4 Å². The Kier molecular flexibility index (Phi) is 5.68. The highest BCUT2D eigenvalue weighted by Gasteiger charge is 2.39. The highest BCUT2D eigenvalue weighted by molar-refractivity contribution is 6.01. The Morgan fingerprint density at radius 3 is 2.33 bits per heavy atom. The molecule has 1 unspecified atom stereocenters. The summed E-state index contributed by atoms with van der Waals surface area (Å²) in [6, 6.07) is 7.34. The van der Waals surface area contributed by atoms with Gasteiger partial charge in [0.15, 0.2) is 0 Å². The van der Waals surface area contributed by atoms with Gasteiger partial charge in [-0.05, 0) is 12.1 Å². The number of ether oxygens (including phenoxy) is 1.